The molecule has 1 saturated heterocycles. The van der Waals surface area contributed by atoms with Crippen LogP contribution in [0, 0.1) is 0 Å². The topological polar surface area (TPSA) is 54.5 Å². The number of carbonyl (C=O) groups excluding carboxylic acids is 1. The number of aromatic nitrogens is 1. The molecule has 2 aliphatic heterocycles. The first kappa shape index (κ1) is 18.1. The Morgan fingerprint density at radius 2 is 1.83 bits per heavy atom. The lowest BCUT2D eigenvalue weighted by molar-refractivity contribution is -0.0196. The summed E-state index contributed by atoms with van der Waals surface area (Å²) in [5.74, 6) is 0.751. The first-order valence-electron chi connectivity index (χ1n) is 10.3. The van der Waals surface area contributed by atoms with Crippen molar-refractivity contribution in [3.63, 3.8) is 0 Å². The molecule has 5 nitrogen and oxygen atoms in total. The minimum Gasteiger partial charge on any atom is -0.487 e. The molecule has 5 heteroatoms. The Morgan fingerprint density at radius 3 is 2.69 bits per heavy atom. The monoisotopic (exact) mass is 387 g/mol. The van der Waals surface area contributed by atoms with Crippen molar-refractivity contribution in [2.45, 2.75) is 30.9 Å². The van der Waals surface area contributed by atoms with Gasteiger partial charge < -0.3 is 15.0 Å². The van der Waals surface area contributed by atoms with Crippen molar-refractivity contribution in [3.05, 3.63) is 71.9 Å². The van der Waals surface area contributed by atoms with E-state index in [1.807, 2.05) is 48.5 Å². The summed E-state index contributed by atoms with van der Waals surface area (Å²) in [5.41, 5.74) is 2.12. The number of hydrogen-bond donors (Lipinski definition) is 1. The number of nitrogens with zero attached hydrogens (tertiary/aromatic N) is 2. The van der Waals surface area contributed by atoms with Gasteiger partial charge in [0.1, 0.15) is 17.0 Å². The molecule has 148 valence electrons. The summed E-state index contributed by atoms with van der Waals surface area (Å²) in [6.07, 6.45) is 2.73. The van der Waals surface area contributed by atoms with E-state index in [-0.39, 0.29) is 17.6 Å². The Kier molecular flexibility index (Phi) is 4.47. The number of likely N-dealkylation sites (tertiary alicyclic amines) is 1. The molecule has 2 aliphatic rings. The van der Waals surface area contributed by atoms with Gasteiger partial charge in [0, 0.05) is 30.5 Å². The number of amides is 1. The van der Waals surface area contributed by atoms with Gasteiger partial charge in [-0.15, -0.1) is 0 Å². The number of pyridine rings is 1. The minimum atomic E-state index is -0.213. The molecule has 1 atom stereocenters. The molecular weight excluding hydrogens is 362 g/mol. The summed E-state index contributed by atoms with van der Waals surface area (Å²) in [7, 11) is 2.15. The fraction of sp³-hybridized carbons (Fsp3) is 0.333. The van der Waals surface area contributed by atoms with Crippen LogP contribution in [0.2, 0.25) is 0 Å². The lowest BCUT2D eigenvalue weighted by Crippen LogP contribution is -2.51. The fourth-order valence-corrected chi connectivity index (χ4v) is 4.50. The molecule has 1 amide bonds. The third-order valence-electron chi connectivity index (χ3n) is 6.23. The predicted molar refractivity (Wildman–Crippen MR) is 113 cm³/mol. The van der Waals surface area contributed by atoms with Crippen LogP contribution in [-0.4, -0.2) is 41.5 Å². The number of rotatable bonds is 2. The van der Waals surface area contributed by atoms with Crippen molar-refractivity contribution in [1.29, 1.82) is 0 Å². The van der Waals surface area contributed by atoms with Crippen LogP contribution < -0.4 is 10.1 Å². The van der Waals surface area contributed by atoms with E-state index >= 15 is 0 Å². The molecule has 1 N–H and O–H groups in total. The summed E-state index contributed by atoms with van der Waals surface area (Å²) in [4.78, 5) is 20.0. The molecule has 0 bridgehead atoms. The standard InChI is InChI=1S/C24H25N3O2/c1-27-14-12-24(13-15-27)16-21(18-7-3-5-9-22(18)29-24)26-23(28)20-11-10-17-6-2-4-8-19(17)25-20/h2-11,21H,12-16H2,1H3,(H,26,28). The summed E-state index contributed by atoms with van der Waals surface area (Å²) in [5, 5.41) is 4.28. The molecule has 1 spiro atoms. The normalized spacial score (nSPS) is 20.8. The fourth-order valence-electron chi connectivity index (χ4n) is 4.50. The van der Waals surface area contributed by atoms with Crippen LogP contribution in [0.4, 0.5) is 0 Å². The van der Waals surface area contributed by atoms with E-state index in [0.717, 1.165) is 54.6 Å². The van der Waals surface area contributed by atoms with Crippen LogP contribution in [0.25, 0.3) is 10.9 Å². The predicted octanol–water partition coefficient (Wildman–Crippen LogP) is 3.95. The molecule has 0 radical (unpaired) electrons. The van der Waals surface area contributed by atoms with Crippen LogP contribution in [-0.2, 0) is 0 Å². The lowest BCUT2D eigenvalue weighted by Gasteiger charge is -2.46. The Bertz CT molecular complexity index is 1060. The van der Waals surface area contributed by atoms with Gasteiger partial charge in [0.05, 0.1) is 11.6 Å². The number of piperidine rings is 1. The highest BCUT2D eigenvalue weighted by Gasteiger charge is 2.43. The quantitative estimate of drug-likeness (QED) is 0.723. The molecular formula is C24H25N3O2. The minimum absolute atomic E-state index is 0.0795. The van der Waals surface area contributed by atoms with Gasteiger partial charge in [-0.3, -0.25) is 4.79 Å². The molecule has 1 fully saturated rings. The van der Waals surface area contributed by atoms with E-state index in [2.05, 4.69) is 28.3 Å². The summed E-state index contributed by atoms with van der Waals surface area (Å²) in [6.45, 7) is 2.02. The third-order valence-corrected chi connectivity index (χ3v) is 6.23. The van der Waals surface area contributed by atoms with Crippen molar-refractivity contribution < 1.29 is 9.53 Å². The van der Waals surface area contributed by atoms with E-state index in [0.29, 0.717) is 5.69 Å². The second-order valence-corrected chi connectivity index (χ2v) is 8.25. The number of carbonyl (C=O) groups is 1. The average Bonchev–Trinajstić information content (AvgIpc) is 2.75. The molecule has 3 heterocycles. The second-order valence-electron chi connectivity index (χ2n) is 8.25. The summed E-state index contributed by atoms with van der Waals surface area (Å²) < 4.78 is 6.49. The smallest absolute Gasteiger partial charge is 0.270 e. The van der Waals surface area contributed by atoms with Gasteiger partial charge in [-0.25, -0.2) is 4.98 Å². The molecule has 1 unspecified atom stereocenters. The van der Waals surface area contributed by atoms with E-state index in [9.17, 15) is 4.79 Å². The number of nitrogens with one attached hydrogen (secondary N) is 1. The van der Waals surface area contributed by atoms with Gasteiger partial charge in [0.25, 0.3) is 5.91 Å². The molecule has 1 aromatic heterocycles. The first-order chi connectivity index (χ1) is 14.1. The lowest BCUT2D eigenvalue weighted by atomic mass is 9.80. The Balaban J connectivity index is 1.43. The third kappa shape index (κ3) is 3.47. The Morgan fingerprint density at radius 1 is 1.07 bits per heavy atom. The molecule has 29 heavy (non-hydrogen) atoms. The van der Waals surface area contributed by atoms with Gasteiger partial charge in [0.2, 0.25) is 0 Å². The summed E-state index contributed by atoms with van der Waals surface area (Å²) in [6, 6.07) is 19.6. The largest absolute Gasteiger partial charge is 0.487 e. The number of para-hydroxylation sites is 2. The van der Waals surface area contributed by atoms with Crippen LogP contribution >= 0.6 is 0 Å². The van der Waals surface area contributed by atoms with Crippen LogP contribution in [0.5, 0.6) is 5.75 Å². The summed E-state index contributed by atoms with van der Waals surface area (Å²) >= 11 is 0. The maximum Gasteiger partial charge on any atom is 0.270 e. The molecule has 0 aliphatic carbocycles. The zero-order valence-corrected chi connectivity index (χ0v) is 16.6. The highest BCUT2D eigenvalue weighted by molar-refractivity contribution is 5.95. The highest BCUT2D eigenvalue weighted by atomic mass is 16.5. The SMILES string of the molecule is CN1CCC2(CC1)CC(NC(=O)c1ccc3ccccc3n1)c1ccccc1O2. The maximum atomic E-state index is 13.1. The average molecular weight is 387 g/mol. The van der Waals surface area contributed by atoms with Gasteiger partial charge in [-0.1, -0.05) is 42.5 Å². The van der Waals surface area contributed by atoms with Crippen LogP contribution in [0.3, 0.4) is 0 Å². The maximum absolute atomic E-state index is 13.1. The Labute approximate surface area is 170 Å². The van der Waals surface area contributed by atoms with E-state index in [1.54, 1.807) is 6.07 Å². The molecule has 0 saturated carbocycles. The molecule has 5 rings (SSSR count). The highest BCUT2D eigenvalue weighted by Crippen LogP contribution is 2.44. The van der Waals surface area contributed by atoms with Crippen molar-refractivity contribution in [2.75, 3.05) is 20.1 Å². The van der Waals surface area contributed by atoms with Gasteiger partial charge in [-0.2, -0.15) is 0 Å². The van der Waals surface area contributed by atoms with Gasteiger partial charge in [-0.05, 0) is 38.1 Å². The van der Waals surface area contributed by atoms with Crippen molar-refractivity contribution in [3.8, 4) is 5.75 Å². The molecule has 2 aromatic carbocycles. The van der Waals surface area contributed by atoms with Gasteiger partial charge in [0.15, 0.2) is 0 Å². The zero-order valence-electron chi connectivity index (χ0n) is 16.6. The van der Waals surface area contributed by atoms with Gasteiger partial charge >= 0.3 is 0 Å². The number of ether oxygens (including phenoxy) is 1. The Hall–Kier alpha value is -2.92. The van der Waals surface area contributed by atoms with Crippen LogP contribution in [0.15, 0.2) is 60.7 Å². The van der Waals surface area contributed by atoms with Crippen molar-refractivity contribution in [2.24, 2.45) is 0 Å². The van der Waals surface area contributed by atoms with Crippen molar-refractivity contribution in [1.82, 2.24) is 15.2 Å². The first-order valence-corrected chi connectivity index (χ1v) is 10.3. The van der Waals surface area contributed by atoms with E-state index in [4.69, 9.17) is 4.74 Å². The number of fused-ring (bicyclic) bond motifs is 2. The zero-order chi connectivity index (χ0) is 19.8. The van der Waals surface area contributed by atoms with E-state index < -0.39 is 0 Å². The van der Waals surface area contributed by atoms with E-state index in [1.165, 1.54) is 0 Å². The second kappa shape index (κ2) is 7.16. The number of benzene rings is 2. The molecule has 3 aromatic rings. The van der Waals surface area contributed by atoms with Crippen LogP contribution in [0.1, 0.15) is 41.4 Å². The van der Waals surface area contributed by atoms with Crippen molar-refractivity contribution >= 4 is 16.8 Å². The number of hydrogen-bond acceptors (Lipinski definition) is 4.